The van der Waals surface area contributed by atoms with Crippen LogP contribution in [0, 0.1) is 0 Å². The van der Waals surface area contributed by atoms with Gasteiger partial charge in [0.1, 0.15) is 0 Å². The van der Waals surface area contributed by atoms with E-state index in [9.17, 15) is 0 Å². The molecule has 0 heterocycles. The van der Waals surface area contributed by atoms with Gasteiger partial charge in [-0.3, -0.25) is 0 Å². The van der Waals surface area contributed by atoms with E-state index >= 15 is 0 Å². The molecule has 3 heteroatoms. The Balaban J connectivity index is 2.47. The van der Waals surface area contributed by atoms with Crippen molar-refractivity contribution < 1.29 is 0 Å². The number of rotatable bonds is 3. The highest BCUT2D eigenvalue weighted by atomic mass is 35.5. The van der Waals surface area contributed by atoms with Crippen molar-refractivity contribution >= 4 is 45.4 Å². The third-order valence-corrected chi connectivity index (χ3v) is 3.58. The van der Waals surface area contributed by atoms with Gasteiger partial charge in [0.2, 0.25) is 0 Å². The Morgan fingerprint density at radius 1 is 0.833 bits per heavy atom. The molecule has 0 saturated carbocycles. The molecule has 0 nitrogen and oxygen atoms in total. The van der Waals surface area contributed by atoms with E-state index in [1.165, 1.54) is 0 Å². The maximum absolute atomic E-state index is 6.41. The lowest BCUT2D eigenvalue weighted by Gasteiger charge is -2.08. The number of halogens is 3. The van der Waals surface area contributed by atoms with Gasteiger partial charge < -0.3 is 0 Å². The van der Waals surface area contributed by atoms with Gasteiger partial charge in [0, 0.05) is 10.9 Å². The van der Waals surface area contributed by atoms with Crippen molar-refractivity contribution in [1.29, 1.82) is 0 Å². The summed E-state index contributed by atoms with van der Waals surface area (Å²) in [6.45, 7) is 0. The van der Waals surface area contributed by atoms with Gasteiger partial charge in [0.25, 0.3) is 0 Å². The first-order valence-electron chi connectivity index (χ1n) is 5.48. The molecule has 0 amide bonds. The summed E-state index contributed by atoms with van der Waals surface area (Å²) in [4.78, 5) is 0. The minimum Gasteiger partial charge on any atom is -0.121 e. The molecule has 0 atom stereocenters. The fourth-order valence-corrected chi connectivity index (χ4v) is 2.46. The van der Waals surface area contributed by atoms with Gasteiger partial charge in [-0.2, -0.15) is 0 Å². The fourth-order valence-electron chi connectivity index (χ4n) is 1.67. The van der Waals surface area contributed by atoms with Crippen LogP contribution in [0.2, 0.25) is 5.02 Å². The quantitative estimate of drug-likeness (QED) is 0.504. The smallest absolute Gasteiger partial charge is 0.0528 e. The van der Waals surface area contributed by atoms with Crippen LogP contribution >= 0.6 is 34.8 Å². The highest BCUT2D eigenvalue weighted by molar-refractivity contribution is 6.53. The molecule has 0 aromatic heterocycles. The summed E-state index contributed by atoms with van der Waals surface area (Å²) in [5.41, 5.74) is 2.87. The Labute approximate surface area is 122 Å². The molecular formula is C15H11Cl3. The van der Waals surface area contributed by atoms with E-state index in [0.717, 1.165) is 16.7 Å². The Morgan fingerprint density at radius 2 is 1.44 bits per heavy atom. The zero-order chi connectivity index (χ0) is 13.0. The van der Waals surface area contributed by atoms with Crippen molar-refractivity contribution in [2.45, 2.75) is 0 Å². The molecular weight excluding hydrogens is 287 g/mol. The molecule has 0 fully saturated rings. The van der Waals surface area contributed by atoms with Gasteiger partial charge in [-0.25, -0.2) is 0 Å². The molecule has 2 aromatic rings. The van der Waals surface area contributed by atoms with Crippen LogP contribution in [0.3, 0.4) is 0 Å². The second kappa shape index (κ2) is 6.29. The third-order valence-electron chi connectivity index (χ3n) is 2.62. The minimum absolute atomic E-state index is 0.367. The number of hydrogen-bond donors (Lipinski definition) is 0. The molecule has 0 aliphatic carbocycles. The first-order chi connectivity index (χ1) is 8.72. The maximum atomic E-state index is 6.41. The minimum atomic E-state index is 0.367. The molecule has 0 radical (unpaired) electrons. The average Bonchev–Trinajstić information content (AvgIpc) is 2.41. The summed E-state index contributed by atoms with van der Waals surface area (Å²) in [7, 11) is 0. The molecule has 0 spiro atoms. The summed E-state index contributed by atoms with van der Waals surface area (Å²) in [6, 6.07) is 17.3. The lowest BCUT2D eigenvalue weighted by Crippen LogP contribution is -1.89. The van der Waals surface area contributed by atoms with Gasteiger partial charge in [0.15, 0.2) is 0 Å². The summed E-state index contributed by atoms with van der Waals surface area (Å²) in [5, 5.41) is 1.35. The van der Waals surface area contributed by atoms with Crippen molar-refractivity contribution in [3.8, 4) is 0 Å². The van der Waals surface area contributed by atoms with Crippen LogP contribution in [0.4, 0.5) is 0 Å². The van der Waals surface area contributed by atoms with Crippen molar-refractivity contribution in [3.05, 3.63) is 70.7 Å². The molecule has 0 bridgehead atoms. The van der Waals surface area contributed by atoms with E-state index in [1.54, 1.807) is 0 Å². The van der Waals surface area contributed by atoms with Crippen LogP contribution in [0.25, 0.3) is 10.6 Å². The first kappa shape index (κ1) is 13.5. The SMILES string of the molecule is ClCC(=C(Cl)c1ccc(Cl)cc1)c1ccccc1. The van der Waals surface area contributed by atoms with Gasteiger partial charge in [-0.1, -0.05) is 65.7 Å². The predicted octanol–water partition coefficient (Wildman–Crippen LogP) is 5.69. The maximum Gasteiger partial charge on any atom is 0.0528 e. The Morgan fingerprint density at radius 3 is 2.00 bits per heavy atom. The summed E-state index contributed by atoms with van der Waals surface area (Å²) < 4.78 is 0. The zero-order valence-corrected chi connectivity index (χ0v) is 11.8. The van der Waals surface area contributed by atoms with Crippen LogP contribution in [-0.4, -0.2) is 5.88 Å². The van der Waals surface area contributed by atoms with Crippen LogP contribution < -0.4 is 0 Å². The van der Waals surface area contributed by atoms with E-state index in [2.05, 4.69) is 0 Å². The lowest BCUT2D eigenvalue weighted by atomic mass is 10.0. The zero-order valence-electron chi connectivity index (χ0n) is 9.54. The van der Waals surface area contributed by atoms with E-state index < -0.39 is 0 Å². The molecule has 0 aliphatic rings. The number of hydrogen-bond acceptors (Lipinski definition) is 0. The monoisotopic (exact) mass is 296 g/mol. The van der Waals surface area contributed by atoms with E-state index in [-0.39, 0.29) is 0 Å². The molecule has 92 valence electrons. The summed E-state index contributed by atoms with van der Waals surface area (Å²) in [5.74, 6) is 0.367. The molecule has 0 saturated heterocycles. The Hall–Kier alpha value is -0.950. The normalized spacial score (nSPS) is 12.2. The highest BCUT2D eigenvalue weighted by Crippen LogP contribution is 2.31. The summed E-state index contributed by atoms with van der Waals surface area (Å²) in [6.07, 6.45) is 0. The van der Waals surface area contributed by atoms with Crippen LogP contribution in [-0.2, 0) is 0 Å². The molecule has 0 unspecified atom stereocenters. The van der Waals surface area contributed by atoms with E-state index in [0.29, 0.717) is 15.9 Å². The van der Waals surface area contributed by atoms with Crippen LogP contribution in [0.1, 0.15) is 11.1 Å². The van der Waals surface area contributed by atoms with E-state index in [4.69, 9.17) is 34.8 Å². The van der Waals surface area contributed by atoms with Gasteiger partial charge in [0.05, 0.1) is 5.03 Å². The summed E-state index contributed by atoms with van der Waals surface area (Å²) >= 11 is 18.3. The third kappa shape index (κ3) is 3.08. The second-order valence-electron chi connectivity index (χ2n) is 3.80. The van der Waals surface area contributed by atoms with Crippen LogP contribution in [0.15, 0.2) is 54.6 Å². The Kier molecular flexibility index (Phi) is 4.71. The topological polar surface area (TPSA) is 0 Å². The largest absolute Gasteiger partial charge is 0.121 e. The number of allylic oxidation sites excluding steroid dienone is 1. The van der Waals surface area contributed by atoms with Crippen molar-refractivity contribution in [2.24, 2.45) is 0 Å². The Bertz CT molecular complexity index is 542. The molecule has 0 aliphatic heterocycles. The standard InChI is InChI=1S/C15H11Cl3/c16-10-14(11-4-2-1-3-5-11)15(18)12-6-8-13(17)9-7-12/h1-9H,10H2. The lowest BCUT2D eigenvalue weighted by molar-refractivity contribution is 1.57. The van der Waals surface area contributed by atoms with Crippen molar-refractivity contribution in [2.75, 3.05) is 5.88 Å². The second-order valence-corrected chi connectivity index (χ2v) is 4.88. The molecule has 2 aromatic carbocycles. The van der Waals surface area contributed by atoms with Gasteiger partial charge in [-0.15, -0.1) is 11.6 Å². The highest BCUT2D eigenvalue weighted by Gasteiger charge is 2.08. The van der Waals surface area contributed by atoms with Gasteiger partial charge >= 0.3 is 0 Å². The van der Waals surface area contributed by atoms with E-state index in [1.807, 2.05) is 54.6 Å². The molecule has 2 rings (SSSR count). The average molecular weight is 298 g/mol. The predicted molar refractivity (Wildman–Crippen MR) is 81.3 cm³/mol. The fraction of sp³-hybridized carbons (Fsp3) is 0.0667. The van der Waals surface area contributed by atoms with Crippen molar-refractivity contribution in [3.63, 3.8) is 0 Å². The molecule has 18 heavy (non-hydrogen) atoms. The van der Waals surface area contributed by atoms with Gasteiger partial charge in [-0.05, 0) is 28.8 Å². The number of benzene rings is 2. The first-order valence-corrected chi connectivity index (χ1v) is 6.77. The van der Waals surface area contributed by atoms with Crippen molar-refractivity contribution in [1.82, 2.24) is 0 Å². The number of alkyl halides is 1. The molecule has 0 N–H and O–H groups in total. The van der Waals surface area contributed by atoms with Crippen LogP contribution in [0.5, 0.6) is 0 Å².